The van der Waals surface area contributed by atoms with Crippen LogP contribution in [0.5, 0.6) is 0 Å². The predicted octanol–water partition coefficient (Wildman–Crippen LogP) is 2.54. The van der Waals surface area contributed by atoms with Crippen LogP contribution in [0.1, 0.15) is 46.2 Å². The standard InChI is InChI=1S/C13H24ClN3O/c1-5-8-17-12(11(14)9-16-17)13(4,18)6-7-15-10(2)3/h9-10,15,18H,5-8H2,1-4H3. The largest absolute Gasteiger partial charge is 0.384 e. The van der Waals surface area contributed by atoms with E-state index in [1.165, 1.54) is 0 Å². The third-order valence-corrected chi connectivity index (χ3v) is 3.18. The SMILES string of the molecule is CCCn1ncc(Cl)c1C(C)(O)CCNC(C)C. The average Bonchev–Trinajstić information content (AvgIpc) is 2.60. The number of halogens is 1. The van der Waals surface area contributed by atoms with Crippen molar-refractivity contribution in [3.8, 4) is 0 Å². The number of hydrogen-bond acceptors (Lipinski definition) is 3. The van der Waals surface area contributed by atoms with Gasteiger partial charge in [0, 0.05) is 12.6 Å². The topological polar surface area (TPSA) is 50.1 Å². The maximum absolute atomic E-state index is 10.6. The number of hydrogen-bond donors (Lipinski definition) is 2. The second-order valence-electron chi connectivity index (χ2n) is 5.20. The van der Waals surface area contributed by atoms with E-state index in [1.807, 2.05) is 0 Å². The highest BCUT2D eigenvalue weighted by Gasteiger charge is 2.29. The van der Waals surface area contributed by atoms with Gasteiger partial charge in [0.15, 0.2) is 0 Å². The van der Waals surface area contributed by atoms with Crippen LogP contribution >= 0.6 is 11.6 Å². The summed E-state index contributed by atoms with van der Waals surface area (Å²) in [6, 6.07) is 0.414. The summed E-state index contributed by atoms with van der Waals surface area (Å²) in [4.78, 5) is 0. The zero-order valence-electron chi connectivity index (χ0n) is 11.7. The number of nitrogens with zero attached hydrogens (tertiary/aromatic N) is 2. The van der Waals surface area contributed by atoms with Crippen molar-refractivity contribution in [2.45, 2.75) is 58.7 Å². The number of aromatic nitrogens is 2. The lowest BCUT2D eigenvalue weighted by molar-refractivity contribution is 0.0381. The van der Waals surface area contributed by atoms with Crippen molar-refractivity contribution in [2.24, 2.45) is 0 Å². The summed E-state index contributed by atoms with van der Waals surface area (Å²) in [5.41, 5.74) is -0.235. The van der Waals surface area contributed by atoms with Gasteiger partial charge in [0.05, 0.1) is 16.9 Å². The zero-order valence-corrected chi connectivity index (χ0v) is 12.5. The van der Waals surface area contributed by atoms with Gasteiger partial charge in [-0.15, -0.1) is 0 Å². The van der Waals surface area contributed by atoms with Gasteiger partial charge in [-0.2, -0.15) is 5.10 Å². The predicted molar refractivity (Wildman–Crippen MR) is 74.9 cm³/mol. The third kappa shape index (κ3) is 3.97. The first-order valence-corrected chi connectivity index (χ1v) is 6.93. The maximum Gasteiger partial charge on any atom is 0.106 e. The Labute approximate surface area is 114 Å². The van der Waals surface area contributed by atoms with E-state index < -0.39 is 5.60 Å². The van der Waals surface area contributed by atoms with E-state index in [1.54, 1.807) is 17.8 Å². The summed E-state index contributed by atoms with van der Waals surface area (Å²) in [5, 5.41) is 18.7. The molecular weight excluding hydrogens is 250 g/mol. The van der Waals surface area contributed by atoms with Crippen molar-refractivity contribution >= 4 is 11.6 Å². The molecule has 1 heterocycles. The molecule has 0 aliphatic rings. The molecule has 104 valence electrons. The van der Waals surface area contributed by atoms with E-state index in [-0.39, 0.29) is 0 Å². The van der Waals surface area contributed by atoms with Crippen molar-refractivity contribution < 1.29 is 5.11 Å². The molecule has 0 aliphatic heterocycles. The number of rotatable bonds is 7. The van der Waals surface area contributed by atoms with Crippen LogP contribution in [0.4, 0.5) is 0 Å². The summed E-state index contributed by atoms with van der Waals surface area (Å²) in [6.45, 7) is 9.57. The molecule has 0 saturated heterocycles. The molecule has 0 spiro atoms. The van der Waals surface area contributed by atoms with Crippen molar-refractivity contribution in [1.82, 2.24) is 15.1 Å². The van der Waals surface area contributed by atoms with Gasteiger partial charge in [-0.1, -0.05) is 32.4 Å². The Morgan fingerprint density at radius 3 is 2.78 bits per heavy atom. The minimum absolute atomic E-state index is 0.414. The highest BCUT2D eigenvalue weighted by molar-refractivity contribution is 6.31. The van der Waals surface area contributed by atoms with E-state index in [0.29, 0.717) is 17.5 Å². The van der Waals surface area contributed by atoms with Crippen LogP contribution < -0.4 is 5.32 Å². The molecule has 1 unspecified atom stereocenters. The van der Waals surface area contributed by atoms with Crippen LogP contribution in [0.25, 0.3) is 0 Å². The summed E-state index contributed by atoms with van der Waals surface area (Å²) in [7, 11) is 0. The summed E-state index contributed by atoms with van der Waals surface area (Å²) >= 11 is 6.14. The Bertz CT molecular complexity index is 374. The van der Waals surface area contributed by atoms with E-state index in [9.17, 15) is 5.11 Å². The lowest BCUT2D eigenvalue weighted by atomic mass is 9.97. The number of nitrogens with one attached hydrogen (secondary N) is 1. The van der Waals surface area contributed by atoms with Crippen molar-refractivity contribution in [1.29, 1.82) is 0 Å². The second kappa shape index (κ2) is 6.55. The fourth-order valence-electron chi connectivity index (χ4n) is 2.00. The molecule has 2 N–H and O–H groups in total. The quantitative estimate of drug-likeness (QED) is 0.803. The third-order valence-electron chi connectivity index (χ3n) is 2.90. The van der Waals surface area contributed by atoms with Crippen molar-refractivity contribution in [2.75, 3.05) is 6.54 Å². The lowest BCUT2D eigenvalue weighted by Gasteiger charge is -2.25. The monoisotopic (exact) mass is 273 g/mol. The minimum atomic E-state index is -0.954. The summed E-state index contributed by atoms with van der Waals surface area (Å²) < 4.78 is 1.80. The maximum atomic E-state index is 10.6. The molecule has 0 bridgehead atoms. The van der Waals surface area contributed by atoms with Gasteiger partial charge in [0.2, 0.25) is 0 Å². The molecule has 0 aliphatic carbocycles. The molecule has 5 heteroatoms. The molecule has 1 rings (SSSR count). The molecule has 0 saturated carbocycles. The van der Waals surface area contributed by atoms with Gasteiger partial charge in [0.1, 0.15) is 5.60 Å². The molecule has 18 heavy (non-hydrogen) atoms. The molecule has 1 aromatic heterocycles. The van der Waals surface area contributed by atoms with Crippen LogP contribution in [0.2, 0.25) is 5.02 Å². The first-order chi connectivity index (χ1) is 8.38. The second-order valence-corrected chi connectivity index (χ2v) is 5.60. The van der Waals surface area contributed by atoms with Gasteiger partial charge in [-0.05, 0) is 26.3 Å². The Hall–Kier alpha value is -0.580. The van der Waals surface area contributed by atoms with E-state index in [0.717, 1.165) is 25.2 Å². The van der Waals surface area contributed by atoms with Crippen molar-refractivity contribution in [3.63, 3.8) is 0 Å². The Kier molecular flexibility index (Phi) is 5.63. The number of aliphatic hydroxyl groups is 1. The molecule has 4 nitrogen and oxygen atoms in total. The fourth-order valence-corrected chi connectivity index (χ4v) is 2.35. The Balaban J connectivity index is 2.79. The Morgan fingerprint density at radius 2 is 2.22 bits per heavy atom. The molecule has 0 amide bonds. The first-order valence-electron chi connectivity index (χ1n) is 6.56. The highest BCUT2D eigenvalue weighted by atomic mass is 35.5. The van der Waals surface area contributed by atoms with E-state index in [2.05, 4.69) is 31.2 Å². The minimum Gasteiger partial charge on any atom is -0.384 e. The molecule has 0 radical (unpaired) electrons. The molecule has 1 atom stereocenters. The lowest BCUT2D eigenvalue weighted by Crippen LogP contribution is -2.33. The van der Waals surface area contributed by atoms with Gasteiger partial charge in [-0.25, -0.2) is 0 Å². The average molecular weight is 274 g/mol. The van der Waals surface area contributed by atoms with E-state index in [4.69, 9.17) is 11.6 Å². The van der Waals surface area contributed by atoms with Crippen LogP contribution in [0.3, 0.4) is 0 Å². The van der Waals surface area contributed by atoms with Crippen LogP contribution in [-0.4, -0.2) is 27.5 Å². The van der Waals surface area contributed by atoms with Gasteiger partial charge < -0.3 is 10.4 Å². The molecule has 1 aromatic rings. The smallest absolute Gasteiger partial charge is 0.106 e. The van der Waals surface area contributed by atoms with Crippen molar-refractivity contribution in [3.05, 3.63) is 16.9 Å². The molecule has 0 fully saturated rings. The van der Waals surface area contributed by atoms with Gasteiger partial charge >= 0.3 is 0 Å². The van der Waals surface area contributed by atoms with Crippen LogP contribution in [0, 0.1) is 0 Å². The van der Waals surface area contributed by atoms with Crippen LogP contribution in [0.15, 0.2) is 6.20 Å². The zero-order chi connectivity index (χ0) is 13.8. The Morgan fingerprint density at radius 1 is 1.56 bits per heavy atom. The van der Waals surface area contributed by atoms with Crippen LogP contribution in [-0.2, 0) is 12.1 Å². The molecule has 0 aromatic carbocycles. The summed E-state index contributed by atoms with van der Waals surface area (Å²) in [6.07, 6.45) is 3.18. The number of aryl methyl sites for hydroxylation is 1. The molecular formula is C13H24ClN3O. The summed E-state index contributed by atoms with van der Waals surface area (Å²) in [5.74, 6) is 0. The van der Waals surface area contributed by atoms with Gasteiger partial charge in [-0.3, -0.25) is 4.68 Å². The van der Waals surface area contributed by atoms with Gasteiger partial charge in [0.25, 0.3) is 0 Å². The van der Waals surface area contributed by atoms with E-state index >= 15 is 0 Å². The first kappa shape index (κ1) is 15.5. The fraction of sp³-hybridized carbons (Fsp3) is 0.769. The normalized spacial score (nSPS) is 15.1. The highest BCUT2D eigenvalue weighted by Crippen LogP contribution is 2.30.